The molecule has 7 heteroatoms. The van der Waals surface area contributed by atoms with Crippen LogP contribution in [-0.4, -0.2) is 14.0 Å². The summed E-state index contributed by atoms with van der Waals surface area (Å²) in [5, 5.41) is 9.49. The van der Waals surface area contributed by atoms with Crippen molar-refractivity contribution in [3.63, 3.8) is 0 Å². The van der Waals surface area contributed by atoms with E-state index in [2.05, 4.69) is 33.6 Å². The van der Waals surface area contributed by atoms with Crippen molar-refractivity contribution in [2.45, 2.75) is 55.7 Å². The second-order valence-corrected chi connectivity index (χ2v) is 9.95. The Kier molecular flexibility index (Phi) is 5.14. The number of aryl methyl sites for hydroxylation is 1. The summed E-state index contributed by atoms with van der Waals surface area (Å²) in [6.07, 6.45) is 4.07. The molecule has 0 radical (unpaired) electrons. The first kappa shape index (κ1) is 16.9. The van der Waals surface area contributed by atoms with Gasteiger partial charge in [-0.2, -0.15) is 9.98 Å². The van der Waals surface area contributed by atoms with Crippen LogP contribution in [0, 0.1) is 24.2 Å². The summed E-state index contributed by atoms with van der Waals surface area (Å²) < 4.78 is 28.7. The molecule has 1 aromatic rings. The van der Waals surface area contributed by atoms with E-state index in [1.807, 2.05) is 6.92 Å². The van der Waals surface area contributed by atoms with Gasteiger partial charge in [-0.3, -0.25) is 0 Å². The van der Waals surface area contributed by atoms with E-state index in [9.17, 15) is 13.7 Å². The molecule has 0 saturated heterocycles. The molecular formula is C14H19BrN2O2S2. The highest BCUT2D eigenvalue weighted by Gasteiger charge is 2.39. The maximum atomic E-state index is 12.5. The van der Waals surface area contributed by atoms with Crippen LogP contribution in [0.2, 0.25) is 0 Å². The molecule has 0 spiro atoms. The van der Waals surface area contributed by atoms with Gasteiger partial charge in [0.25, 0.3) is 10.0 Å². The molecule has 2 rings (SSSR count). The minimum atomic E-state index is -3.64. The number of sulfonamides is 1. The van der Waals surface area contributed by atoms with Gasteiger partial charge in [-0.25, -0.2) is 8.42 Å². The van der Waals surface area contributed by atoms with E-state index < -0.39 is 15.6 Å². The molecule has 1 N–H and O–H groups in total. The Balaban J connectivity index is 2.20. The fourth-order valence-corrected chi connectivity index (χ4v) is 6.29. The molecule has 4 nitrogen and oxygen atoms in total. The van der Waals surface area contributed by atoms with E-state index in [0.717, 1.165) is 28.6 Å². The van der Waals surface area contributed by atoms with E-state index in [-0.39, 0.29) is 4.21 Å². The summed E-state index contributed by atoms with van der Waals surface area (Å²) in [4.78, 5) is 0. The first-order chi connectivity index (χ1) is 9.82. The van der Waals surface area contributed by atoms with Gasteiger partial charge in [-0.05, 0) is 66.1 Å². The molecule has 1 heterocycles. The summed E-state index contributed by atoms with van der Waals surface area (Å²) in [6.45, 7) is 3.99. The fourth-order valence-electron chi connectivity index (χ4n) is 2.69. The van der Waals surface area contributed by atoms with Crippen LogP contribution in [0.4, 0.5) is 0 Å². The lowest BCUT2D eigenvalue weighted by Crippen LogP contribution is -2.49. The summed E-state index contributed by atoms with van der Waals surface area (Å²) >= 11 is 4.52. The molecule has 21 heavy (non-hydrogen) atoms. The van der Waals surface area contributed by atoms with Crippen LogP contribution in [-0.2, 0) is 10.0 Å². The van der Waals surface area contributed by atoms with Gasteiger partial charge < -0.3 is 0 Å². The zero-order chi connectivity index (χ0) is 15.7. The fraction of sp³-hybridized carbons (Fsp3) is 0.643. The Morgan fingerprint density at radius 3 is 2.57 bits per heavy atom. The van der Waals surface area contributed by atoms with Crippen LogP contribution >= 0.6 is 27.3 Å². The predicted octanol–water partition coefficient (Wildman–Crippen LogP) is 3.96. The van der Waals surface area contributed by atoms with E-state index in [1.54, 1.807) is 6.07 Å². The lowest BCUT2D eigenvalue weighted by atomic mass is 9.77. The molecule has 1 aromatic heterocycles. The second kappa shape index (κ2) is 6.37. The predicted molar refractivity (Wildman–Crippen MR) is 87.7 cm³/mol. The van der Waals surface area contributed by atoms with Crippen LogP contribution < -0.4 is 4.72 Å². The molecule has 0 aromatic carbocycles. The third kappa shape index (κ3) is 3.67. The van der Waals surface area contributed by atoms with Crippen LogP contribution in [0.5, 0.6) is 0 Å². The number of thiophene rings is 1. The zero-order valence-corrected chi connectivity index (χ0v) is 15.4. The van der Waals surface area contributed by atoms with Crippen molar-refractivity contribution in [2.75, 3.05) is 0 Å². The standard InChI is InChI=1S/C14H19BrN2O2S2/c1-3-11-4-6-14(9-16,7-5-11)17-21(18,19)12-8-10(2)13(15)20-12/h8,11,17H,3-7H2,1-2H3. The minimum absolute atomic E-state index is 0.263. The Labute approximate surface area is 138 Å². The third-order valence-electron chi connectivity index (χ3n) is 4.18. The van der Waals surface area contributed by atoms with Gasteiger partial charge in [0.05, 0.1) is 9.86 Å². The summed E-state index contributed by atoms with van der Waals surface area (Å²) in [7, 11) is -3.64. The van der Waals surface area contributed by atoms with Gasteiger partial charge in [-0.15, -0.1) is 11.3 Å². The van der Waals surface area contributed by atoms with Crippen molar-refractivity contribution in [1.82, 2.24) is 4.72 Å². The van der Waals surface area contributed by atoms with E-state index in [4.69, 9.17) is 0 Å². The van der Waals surface area contributed by atoms with E-state index in [0.29, 0.717) is 18.8 Å². The van der Waals surface area contributed by atoms with Crippen LogP contribution in [0.25, 0.3) is 0 Å². The number of nitrogens with one attached hydrogen (secondary N) is 1. The number of nitriles is 1. The maximum absolute atomic E-state index is 12.5. The van der Waals surface area contributed by atoms with Crippen molar-refractivity contribution in [3.05, 3.63) is 15.4 Å². The monoisotopic (exact) mass is 390 g/mol. The Bertz CT molecular complexity index is 634. The third-order valence-corrected chi connectivity index (χ3v) is 8.33. The average Bonchev–Trinajstić information content (AvgIpc) is 2.80. The molecular weight excluding hydrogens is 372 g/mol. The maximum Gasteiger partial charge on any atom is 0.251 e. The van der Waals surface area contributed by atoms with Crippen molar-refractivity contribution < 1.29 is 8.42 Å². The van der Waals surface area contributed by atoms with Gasteiger partial charge in [0.1, 0.15) is 9.75 Å². The largest absolute Gasteiger partial charge is 0.251 e. The van der Waals surface area contributed by atoms with Gasteiger partial charge in [0.2, 0.25) is 0 Å². The van der Waals surface area contributed by atoms with Crippen molar-refractivity contribution in [3.8, 4) is 6.07 Å². The van der Waals surface area contributed by atoms with Crippen LogP contribution in [0.1, 0.15) is 44.6 Å². The molecule has 1 aliphatic carbocycles. The van der Waals surface area contributed by atoms with E-state index >= 15 is 0 Å². The minimum Gasteiger partial charge on any atom is -0.206 e. The molecule has 0 unspecified atom stereocenters. The van der Waals surface area contributed by atoms with Crippen molar-refractivity contribution >= 4 is 37.3 Å². The first-order valence-corrected chi connectivity index (χ1v) is 10.1. The van der Waals surface area contributed by atoms with Gasteiger partial charge >= 0.3 is 0 Å². The highest BCUT2D eigenvalue weighted by atomic mass is 79.9. The van der Waals surface area contributed by atoms with Crippen molar-refractivity contribution in [1.29, 1.82) is 5.26 Å². The summed E-state index contributed by atoms with van der Waals surface area (Å²) in [5.74, 6) is 0.606. The Hall–Kier alpha value is -0.420. The van der Waals surface area contributed by atoms with E-state index in [1.165, 1.54) is 11.3 Å². The smallest absolute Gasteiger partial charge is 0.206 e. The number of hydrogen-bond acceptors (Lipinski definition) is 4. The highest BCUT2D eigenvalue weighted by Crippen LogP contribution is 2.36. The molecule has 116 valence electrons. The lowest BCUT2D eigenvalue weighted by molar-refractivity contribution is 0.259. The van der Waals surface area contributed by atoms with Crippen molar-refractivity contribution in [2.24, 2.45) is 5.92 Å². The van der Waals surface area contributed by atoms with Crippen LogP contribution in [0.15, 0.2) is 14.1 Å². The van der Waals surface area contributed by atoms with Gasteiger partial charge in [-0.1, -0.05) is 13.3 Å². The molecule has 0 amide bonds. The molecule has 1 fully saturated rings. The van der Waals surface area contributed by atoms with Gasteiger partial charge in [0, 0.05) is 0 Å². The molecule has 0 aliphatic heterocycles. The van der Waals surface area contributed by atoms with Crippen LogP contribution in [0.3, 0.4) is 0 Å². The summed E-state index contributed by atoms with van der Waals surface area (Å²) in [6, 6.07) is 3.85. The highest BCUT2D eigenvalue weighted by molar-refractivity contribution is 9.11. The quantitative estimate of drug-likeness (QED) is 0.845. The first-order valence-electron chi connectivity index (χ1n) is 7.03. The zero-order valence-electron chi connectivity index (χ0n) is 12.1. The average molecular weight is 391 g/mol. The Morgan fingerprint density at radius 2 is 2.14 bits per heavy atom. The number of hydrogen-bond donors (Lipinski definition) is 1. The molecule has 0 atom stereocenters. The molecule has 1 aliphatic rings. The normalized spacial score (nSPS) is 26.5. The summed E-state index contributed by atoms with van der Waals surface area (Å²) in [5.41, 5.74) is -0.0596. The van der Waals surface area contributed by atoms with Gasteiger partial charge in [0.15, 0.2) is 0 Å². The topological polar surface area (TPSA) is 70.0 Å². The number of nitrogens with zero attached hydrogens (tertiary/aromatic N) is 1. The Morgan fingerprint density at radius 1 is 1.52 bits per heavy atom. The number of halogens is 1. The molecule has 1 saturated carbocycles. The molecule has 0 bridgehead atoms. The number of rotatable bonds is 4. The SMILES string of the molecule is CCC1CCC(C#N)(NS(=O)(=O)c2cc(C)c(Br)s2)CC1. The lowest BCUT2D eigenvalue weighted by Gasteiger charge is -2.34. The second-order valence-electron chi connectivity index (χ2n) is 5.67.